The van der Waals surface area contributed by atoms with Crippen LogP contribution in [0.25, 0.3) is 11.2 Å². The average molecular weight is 648 g/mol. The Hall–Kier alpha value is -4.48. The molecule has 3 N–H and O–H groups in total. The standard InChI is InChI=1S/C28H33N5O11S/c1-5-39-27(38)17-6-8-19(9-7-17)41-10-18(37)12-45-28-32-21-24(29)30-13-31-25(21)33(28)26-23(43-16(4)36)22(42-15(3)35)20(44-26)11-40-14(2)34/h6-9,13,18,20,22-23,26,37H,5,10-12H2,1-4H3,(H2,29,30,31)/t18-,20+,22+,23+,26+/m0/s1. The molecule has 17 heteroatoms. The van der Waals surface area contributed by atoms with Crippen molar-refractivity contribution in [1.82, 2.24) is 19.5 Å². The number of benzene rings is 1. The second-order valence-electron chi connectivity index (χ2n) is 9.73. The zero-order chi connectivity index (χ0) is 32.7. The fourth-order valence-corrected chi connectivity index (χ4v) is 5.37. The summed E-state index contributed by atoms with van der Waals surface area (Å²) in [6.45, 7) is 5.15. The normalized spacial score (nSPS) is 19.9. The van der Waals surface area contributed by atoms with Crippen LogP contribution in [0.3, 0.4) is 0 Å². The molecule has 3 heterocycles. The fraction of sp³-hybridized carbons (Fsp3) is 0.464. The van der Waals surface area contributed by atoms with Crippen LogP contribution in [0.1, 0.15) is 44.3 Å². The van der Waals surface area contributed by atoms with E-state index in [2.05, 4.69) is 15.0 Å². The maximum atomic E-state index is 12.2. The summed E-state index contributed by atoms with van der Waals surface area (Å²) in [4.78, 5) is 60.4. The molecule has 0 spiro atoms. The highest BCUT2D eigenvalue weighted by Crippen LogP contribution is 2.39. The van der Waals surface area contributed by atoms with Crippen molar-refractivity contribution >= 4 is 52.6 Å². The molecule has 0 amide bonds. The van der Waals surface area contributed by atoms with E-state index < -0.39 is 54.5 Å². The number of hydrogen-bond donors (Lipinski definition) is 2. The van der Waals surface area contributed by atoms with Gasteiger partial charge in [0.15, 0.2) is 40.6 Å². The van der Waals surface area contributed by atoms with Crippen LogP contribution < -0.4 is 10.5 Å². The van der Waals surface area contributed by atoms with E-state index in [1.54, 1.807) is 31.2 Å². The number of carbonyl (C=O) groups is 4. The molecule has 1 saturated heterocycles. The number of fused-ring (bicyclic) bond motifs is 1. The van der Waals surface area contributed by atoms with Crippen molar-refractivity contribution in [2.24, 2.45) is 0 Å². The maximum absolute atomic E-state index is 12.2. The van der Waals surface area contributed by atoms with Gasteiger partial charge in [0.1, 0.15) is 31.4 Å². The second-order valence-corrected chi connectivity index (χ2v) is 10.7. The summed E-state index contributed by atoms with van der Waals surface area (Å²) in [7, 11) is 0. The molecule has 1 aromatic carbocycles. The molecule has 0 aliphatic carbocycles. The monoisotopic (exact) mass is 647 g/mol. The number of thioether (sulfide) groups is 1. The number of imidazole rings is 1. The van der Waals surface area contributed by atoms with Crippen LogP contribution in [0.2, 0.25) is 0 Å². The number of carbonyl (C=O) groups excluding carboxylic acids is 4. The largest absolute Gasteiger partial charge is 0.491 e. The number of esters is 4. The van der Waals surface area contributed by atoms with Crippen molar-refractivity contribution in [2.75, 3.05) is 31.3 Å². The van der Waals surface area contributed by atoms with Gasteiger partial charge in [-0.3, -0.25) is 19.0 Å². The molecule has 16 nitrogen and oxygen atoms in total. The van der Waals surface area contributed by atoms with Gasteiger partial charge in [0, 0.05) is 26.5 Å². The molecule has 45 heavy (non-hydrogen) atoms. The first-order valence-corrected chi connectivity index (χ1v) is 14.8. The number of hydrogen-bond acceptors (Lipinski definition) is 16. The number of nitrogens with two attached hydrogens (primary N) is 1. The Morgan fingerprint density at radius 2 is 1.71 bits per heavy atom. The van der Waals surface area contributed by atoms with Gasteiger partial charge in [0.05, 0.1) is 18.3 Å². The predicted molar refractivity (Wildman–Crippen MR) is 156 cm³/mol. The Labute approximate surface area is 261 Å². The van der Waals surface area contributed by atoms with E-state index in [9.17, 15) is 24.3 Å². The van der Waals surface area contributed by atoms with Gasteiger partial charge in [-0.05, 0) is 31.2 Å². The Kier molecular flexibility index (Phi) is 11.1. The number of nitrogen functional groups attached to an aromatic ring is 1. The number of ether oxygens (including phenoxy) is 6. The van der Waals surface area contributed by atoms with Crippen LogP contribution in [-0.2, 0) is 38.1 Å². The lowest BCUT2D eigenvalue weighted by atomic mass is 10.1. The summed E-state index contributed by atoms with van der Waals surface area (Å²) in [6.07, 6.45) is -4.31. The van der Waals surface area contributed by atoms with E-state index in [1.807, 2.05) is 0 Å². The third kappa shape index (κ3) is 8.37. The summed E-state index contributed by atoms with van der Waals surface area (Å²) in [5.74, 6) is -1.84. The van der Waals surface area contributed by atoms with E-state index in [-0.39, 0.29) is 47.7 Å². The molecule has 0 bridgehead atoms. The summed E-state index contributed by atoms with van der Waals surface area (Å²) in [5, 5.41) is 11.0. The SMILES string of the molecule is CCOC(=O)c1ccc(OC[C@H](O)CSc2nc3c(N)ncnc3n2[C@@H]2O[C@H](COC(C)=O)[C@@H](OC(C)=O)[C@H]2OC(C)=O)cc1. The van der Waals surface area contributed by atoms with Crippen molar-refractivity contribution in [1.29, 1.82) is 0 Å². The molecule has 3 aromatic rings. The molecule has 0 unspecified atom stereocenters. The lowest BCUT2D eigenvalue weighted by molar-refractivity contribution is -0.166. The maximum Gasteiger partial charge on any atom is 0.338 e. The lowest BCUT2D eigenvalue weighted by Gasteiger charge is -2.24. The molecule has 1 aliphatic rings. The molecule has 1 aliphatic heterocycles. The quantitative estimate of drug-likeness (QED) is 0.152. The van der Waals surface area contributed by atoms with Gasteiger partial charge in [-0.25, -0.2) is 19.7 Å². The Balaban J connectivity index is 1.57. The van der Waals surface area contributed by atoms with E-state index >= 15 is 0 Å². The molecule has 5 atom stereocenters. The van der Waals surface area contributed by atoms with Gasteiger partial charge in [-0.1, -0.05) is 11.8 Å². The van der Waals surface area contributed by atoms with Crippen molar-refractivity contribution in [3.63, 3.8) is 0 Å². The van der Waals surface area contributed by atoms with E-state index in [4.69, 9.17) is 34.2 Å². The van der Waals surface area contributed by atoms with Gasteiger partial charge in [0.2, 0.25) is 0 Å². The molecule has 242 valence electrons. The van der Waals surface area contributed by atoms with Crippen LogP contribution in [0.4, 0.5) is 5.82 Å². The molecule has 4 rings (SSSR count). The van der Waals surface area contributed by atoms with Crippen molar-refractivity contribution in [2.45, 2.75) is 63.5 Å². The zero-order valence-corrected chi connectivity index (χ0v) is 25.7. The first kappa shape index (κ1) is 33.4. The highest BCUT2D eigenvalue weighted by atomic mass is 32.2. The second kappa shape index (κ2) is 15.0. The molecular weight excluding hydrogens is 614 g/mol. The van der Waals surface area contributed by atoms with Crippen LogP contribution in [0.15, 0.2) is 35.7 Å². The Morgan fingerprint density at radius 3 is 2.36 bits per heavy atom. The first-order chi connectivity index (χ1) is 21.5. The van der Waals surface area contributed by atoms with Crippen molar-refractivity contribution in [3.8, 4) is 5.75 Å². The van der Waals surface area contributed by atoms with E-state index in [0.29, 0.717) is 11.3 Å². The minimum Gasteiger partial charge on any atom is -0.491 e. The number of aliphatic hydroxyl groups excluding tert-OH is 1. The van der Waals surface area contributed by atoms with Gasteiger partial charge in [-0.2, -0.15) is 0 Å². The summed E-state index contributed by atoms with van der Waals surface area (Å²) in [6, 6.07) is 6.29. The van der Waals surface area contributed by atoms with Crippen molar-refractivity contribution in [3.05, 3.63) is 36.2 Å². The lowest BCUT2D eigenvalue weighted by Crippen LogP contribution is -2.40. The molecule has 2 aromatic heterocycles. The van der Waals surface area contributed by atoms with Crippen LogP contribution in [0.5, 0.6) is 5.75 Å². The van der Waals surface area contributed by atoms with Gasteiger partial charge >= 0.3 is 23.9 Å². The fourth-order valence-electron chi connectivity index (χ4n) is 4.45. The summed E-state index contributed by atoms with van der Waals surface area (Å²) < 4.78 is 34.5. The van der Waals surface area contributed by atoms with Gasteiger partial charge in [0.25, 0.3) is 0 Å². The third-order valence-corrected chi connectivity index (χ3v) is 7.38. The molecule has 0 radical (unpaired) electrons. The average Bonchev–Trinajstić information content (AvgIpc) is 3.51. The summed E-state index contributed by atoms with van der Waals surface area (Å²) in [5.41, 5.74) is 6.88. The number of nitrogens with zero attached hydrogens (tertiary/aromatic N) is 4. The third-order valence-electron chi connectivity index (χ3n) is 6.28. The minimum absolute atomic E-state index is 0.0609. The summed E-state index contributed by atoms with van der Waals surface area (Å²) >= 11 is 1.10. The van der Waals surface area contributed by atoms with E-state index in [0.717, 1.165) is 11.8 Å². The van der Waals surface area contributed by atoms with Gasteiger partial charge in [-0.15, -0.1) is 0 Å². The number of anilines is 1. The smallest absolute Gasteiger partial charge is 0.338 e. The van der Waals surface area contributed by atoms with E-state index in [1.165, 1.54) is 31.7 Å². The molecular formula is C28H33N5O11S. The number of aliphatic hydroxyl groups is 1. The minimum atomic E-state index is -1.20. The highest BCUT2D eigenvalue weighted by Gasteiger charge is 2.51. The Morgan fingerprint density at radius 1 is 1.02 bits per heavy atom. The van der Waals surface area contributed by atoms with Crippen LogP contribution >= 0.6 is 11.8 Å². The first-order valence-electron chi connectivity index (χ1n) is 13.8. The molecule has 1 fully saturated rings. The molecule has 0 saturated carbocycles. The van der Waals surface area contributed by atoms with Crippen LogP contribution in [0, 0.1) is 0 Å². The number of aromatic nitrogens is 4. The number of rotatable bonds is 13. The predicted octanol–water partition coefficient (Wildman–Crippen LogP) is 1.44. The highest BCUT2D eigenvalue weighted by molar-refractivity contribution is 7.99. The zero-order valence-electron chi connectivity index (χ0n) is 24.9. The van der Waals surface area contributed by atoms with Gasteiger partial charge < -0.3 is 39.3 Å². The Bertz CT molecular complexity index is 1530. The van der Waals surface area contributed by atoms with Crippen LogP contribution in [-0.4, -0.2) is 98.5 Å². The van der Waals surface area contributed by atoms with Crippen molar-refractivity contribution < 1.29 is 52.7 Å². The topological polar surface area (TPSA) is 214 Å².